The molecule has 138 valence electrons. The molecule has 0 aliphatic carbocycles. The van der Waals surface area contributed by atoms with Crippen molar-refractivity contribution in [1.29, 1.82) is 0 Å². The van der Waals surface area contributed by atoms with Crippen LogP contribution in [0.15, 0.2) is 42.5 Å². The summed E-state index contributed by atoms with van der Waals surface area (Å²) in [6, 6.07) is 11.0. The molecule has 27 heavy (non-hydrogen) atoms. The Hall–Kier alpha value is -2.05. The van der Waals surface area contributed by atoms with E-state index >= 15 is 0 Å². The maximum Gasteiger partial charge on any atom is 0.338 e. The Morgan fingerprint density at radius 2 is 1.67 bits per heavy atom. The highest BCUT2D eigenvalue weighted by Crippen LogP contribution is 2.33. The summed E-state index contributed by atoms with van der Waals surface area (Å²) >= 11 is 23.6. The van der Waals surface area contributed by atoms with Gasteiger partial charge in [0.25, 0.3) is 5.91 Å². The molecule has 0 saturated heterocycles. The number of hydrogen-bond acceptors (Lipinski definition) is 4. The summed E-state index contributed by atoms with van der Waals surface area (Å²) in [6.45, 7) is -0.509. The maximum atomic E-state index is 12.2. The molecule has 0 spiro atoms. The van der Waals surface area contributed by atoms with Gasteiger partial charge in [-0.3, -0.25) is 4.79 Å². The minimum Gasteiger partial charge on any atom is -0.452 e. The number of benzene rings is 2. The monoisotopic (exact) mass is 442 g/mol. The van der Waals surface area contributed by atoms with Crippen LogP contribution < -0.4 is 5.32 Å². The van der Waals surface area contributed by atoms with Gasteiger partial charge in [0, 0.05) is 10.4 Å². The first-order valence-electron chi connectivity index (χ1n) is 7.51. The predicted molar refractivity (Wildman–Crippen MR) is 107 cm³/mol. The molecule has 0 radical (unpaired) electrons. The number of aromatic nitrogens is 1. The minimum atomic E-state index is -0.657. The first kappa shape index (κ1) is 19.7. The minimum absolute atomic E-state index is 0.174. The molecule has 0 aliphatic heterocycles. The van der Waals surface area contributed by atoms with Crippen LogP contribution in [-0.2, 0) is 9.53 Å². The molecule has 5 nitrogen and oxygen atoms in total. The number of carbonyl (C=O) groups is 2. The van der Waals surface area contributed by atoms with E-state index in [9.17, 15) is 9.59 Å². The Morgan fingerprint density at radius 3 is 2.37 bits per heavy atom. The smallest absolute Gasteiger partial charge is 0.338 e. The molecule has 3 aromatic rings. The van der Waals surface area contributed by atoms with Crippen LogP contribution in [0.3, 0.4) is 0 Å². The second kappa shape index (κ2) is 8.31. The zero-order valence-electron chi connectivity index (χ0n) is 13.4. The number of anilines is 1. The third-order valence-electron chi connectivity index (χ3n) is 3.50. The fourth-order valence-corrected chi connectivity index (χ4v) is 3.34. The summed E-state index contributed by atoms with van der Waals surface area (Å²) in [6.07, 6.45) is 0. The topological polar surface area (TPSA) is 68.3 Å². The third kappa shape index (κ3) is 4.82. The summed E-state index contributed by atoms with van der Waals surface area (Å²) in [5.41, 5.74) is 1.11. The van der Waals surface area contributed by atoms with Gasteiger partial charge in [-0.15, -0.1) is 0 Å². The van der Waals surface area contributed by atoms with Crippen molar-refractivity contribution in [3.8, 4) is 0 Å². The van der Waals surface area contributed by atoms with E-state index in [2.05, 4.69) is 10.3 Å². The van der Waals surface area contributed by atoms with Gasteiger partial charge in [0.05, 0.1) is 26.8 Å². The number of nitrogens with one attached hydrogen (secondary N) is 1. The molecule has 0 atom stereocenters. The first-order chi connectivity index (χ1) is 12.8. The van der Waals surface area contributed by atoms with Crippen molar-refractivity contribution >= 4 is 74.9 Å². The quantitative estimate of drug-likeness (QED) is 0.418. The van der Waals surface area contributed by atoms with Gasteiger partial charge >= 0.3 is 5.97 Å². The highest BCUT2D eigenvalue weighted by atomic mass is 35.5. The number of nitrogens with zero attached hydrogens (tertiary/aromatic N) is 1. The van der Waals surface area contributed by atoms with E-state index in [-0.39, 0.29) is 21.3 Å². The summed E-state index contributed by atoms with van der Waals surface area (Å²) in [5, 5.41) is 4.24. The number of fused-ring (bicyclic) bond motifs is 1. The van der Waals surface area contributed by atoms with Crippen molar-refractivity contribution in [2.45, 2.75) is 0 Å². The zero-order valence-corrected chi connectivity index (χ0v) is 16.5. The average molecular weight is 444 g/mol. The van der Waals surface area contributed by atoms with Crippen molar-refractivity contribution in [3.63, 3.8) is 0 Å². The number of carbonyl (C=O) groups excluding carboxylic acids is 2. The van der Waals surface area contributed by atoms with Crippen LogP contribution in [0.4, 0.5) is 5.69 Å². The molecule has 0 aliphatic rings. The zero-order chi connectivity index (χ0) is 19.6. The lowest BCUT2D eigenvalue weighted by Crippen LogP contribution is -2.21. The molecule has 0 saturated carbocycles. The fourth-order valence-electron chi connectivity index (χ4n) is 2.28. The molecule has 2 aromatic carbocycles. The van der Waals surface area contributed by atoms with Crippen LogP contribution in [-0.4, -0.2) is 23.5 Å². The normalized spacial score (nSPS) is 10.7. The SMILES string of the molecule is O=C(COC(=O)c1ccc2nc(Cl)ccc2c1)Nc1c(Cl)cc(Cl)cc1Cl. The van der Waals surface area contributed by atoms with Crippen molar-refractivity contribution < 1.29 is 14.3 Å². The average Bonchev–Trinajstić information content (AvgIpc) is 2.62. The van der Waals surface area contributed by atoms with Crippen LogP contribution in [0, 0.1) is 0 Å². The van der Waals surface area contributed by atoms with Gasteiger partial charge < -0.3 is 10.1 Å². The Bertz CT molecular complexity index is 1030. The van der Waals surface area contributed by atoms with Crippen molar-refractivity contribution in [3.05, 3.63) is 68.2 Å². The van der Waals surface area contributed by atoms with Crippen LogP contribution >= 0.6 is 46.4 Å². The van der Waals surface area contributed by atoms with Gasteiger partial charge in [-0.25, -0.2) is 9.78 Å². The summed E-state index contributed by atoms with van der Waals surface area (Å²) in [7, 11) is 0. The van der Waals surface area contributed by atoms with Gasteiger partial charge in [-0.1, -0.05) is 46.4 Å². The second-order valence-electron chi connectivity index (χ2n) is 5.41. The largest absolute Gasteiger partial charge is 0.452 e. The molecular weight excluding hydrogens is 434 g/mol. The molecule has 0 unspecified atom stereocenters. The van der Waals surface area contributed by atoms with E-state index < -0.39 is 18.5 Å². The number of rotatable bonds is 4. The van der Waals surface area contributed by atoms with Crippen molar-refractivity contribution in [1.82, 2.24) is 4.98 Å². The van der Waals surface area contributed by atoms with Crippen LogP contribution in [0.5, 0.6) is 0 Å². The Balaban J connectivity index is 1.65. The van der Waals surface area contributed by atoms with E-state index in [1.807, 2.05) is 0 Å². The highest BCUT2D eigenvalue weighted by Gasteiger charge is 2.14. The second-order valence-corrected chi connectivity index (χ2v) is 7.05. The van der Waals surface area contributed by atoms with Crippen LogP contribution in [0.25, 0.3) is 10.9 Å². The van der Waals surface area contributed by atoms with E-state index in [1.54, 1.807) is 30.3 Å². The number of ether oxygens (including phenoxy) is 1. The molecule has 9 heteroatoms. The van der Waals surface area contributed by atoms with Gasteiger partial charge in [0.2, 0.25) is 0 Å². The van der Waals surface area contributed by atoms with Crippen LogP contribution in [0.1, 0.15) is 10.4 Å². The Morgan fingerprint density at radius 1 is 0.963 bits per heavy atom. The maximum absolute atomic E-state index is 12.2. The van der Waals surface area contributed by atoms with Crippen molar-refractivity contribution in [2.75, 3.05) is 11.9 Å². The molecule has 0 fully saturated rings. The molecule has 3 rings (SSSR count). The lowest BCUT2D eigenvalue weighted by atomic mass is 10.1. The summed E-state index contributed by atoms with van der Waals surface area (Å²) < 4.78 is 5.03. The third-order valence-corrected chi connectivity index (χ3v) is 4.52. The molecule has 0 bridgehead atoms. The number of hydrogen-bond donors (Lipinski definition) is 1. The van der Waals surface area contributed by atoms with E-state index in [1.165, 1.54) is 12.1 Å². The lowest BCUT2D eigenvalue weighted by Gasteiger charge is -2.10. The molecule has 1 heterocycles. The number of halogens is 4. The fraction of sp³-hybridized carbons (Fsp3) is 0.0556. The Kier molecular flexibility index (Phi) is 6.07. The predicted octanol–water partition coefficient (Wildman–Crippen LogP) is 5.64. The van der Waals surface area contributed by atoms with Crippen LogP contribution in [0.2, 0.25) is 20.2 Å². The van der Waals surface area contributed by atoms with E-state index in [0.717, 1.165) is 5.39 Å². The summed E-state index contributed by atoms with van der Waals surface area (Å²) in [4.78, 5) is 28.3. The van der Waals surface area contributed by atoms with Gasteiger partial charge in [-0.05, 0) is 42.5 Å². The standard InChI is InChI=1S/C18H10Cl4N2O3/c19-11-6-12(20)17(13(21)7-11)24-16(25)8-27-18(26)10-1-3-14-9(5-10)2-4-15(22)23-14/h1-7H,8H2,(H,24,25). The summed E-state index contributed by atoms with van der Waals surface area (Å²) in [5.74, 6) is -1.25. The lowest BCUT2D eigenvalue weighted by molar-refractivity contribution is -0.119. The van der Waals surface area contributed by atoms with Gasteiger partial charge in [-0.2, -0.15) is 0 Å². The number of amides is 1. The van der Waals surface area contributed by atoms with Gasteiger partial charge in [0.1, 0.15) is 5.15 Å². The molecular formula is C18H10Cl4N2O3. The highest BCUT2D eigenvalue weighted by molar-refractivity contribution is 6.42. The number of esters is 1. The van der Waals surface area contributed by atoms with Crippen molar-refractivity contribution in [2.24, 2.45) is 0 Å². The molecule has 1 aromatic heterocycles. The van der Waals surface area contributed by atoms with Gasteiger partial charge in [0.15, 0.2) is 6.61 Å². The number of pyridine rings is 1. The van der Waals surface area contributed by atoms with E-state index in [0.29, 0.717) is 15.7 Å². The first-order valence-corrected chi connectivity index (χ1v) is 9.02. The Labute approximate surface area is 174 Å². The molecule has 1 amide bonds. The molecule has 1 N–H and O–H groups in total. The van der Waals surface area contributed by atoms with E-state index in [4.69, 9.17) is 51.1 Å².